The smallest absolute Gasteiger partial charge is 0.306 e. The second kappa shape index (κ2) is 12.8. The third-order valence-electron chi connectivity index (χ3n) is 5.53. The largest absolute Gasteiger partial charge is 0.459 e. The van der Waals surface area contributed by atoms with Crippen molar-refractivity contribution in [3.8, 4) is 0 Å². The molecule has 0 aromatic rings. The molecule has 0 aromatic carbocycles. The summed E-state index contributed by atoms with van der Waals surface area (Å²) < 4.78 is 5.80. The van der Waals surface area contributed by atoms with Gasteiger partial charge >= 0.3 is 5.97 Å². The molecule has 0 N–H and O–H groups in total. The molecule has 142 valence electrons. The standard InChI is InChI=1S/C22H42O2/c1-4-5-6-7-8-9-10-11-12-13-14-17-21(23)24-22(3)18-15-16-20(2)19-22/h20H,4-19H2,1-3H3. The van der Waals surface area contributed by atoms with Crippen molar-refractivity contribution >= 4 is 5.97 Å². The maximum absolute atomic E-state index is 12.1. The first-order valence-electron chi connectivity index (χ1n) is 10.8. The van der Waals surface area contributed by atoms with Gasteiger partial charge in [0.25, 0.3) is 0 Å². The van der Waals surface area contributed by atoms with Crippen LogP contribution in [0.25, 0.3) is 0 Å². The molecule has 1 aliphatic carbocycles. The fourth-order valence-electron chi connectivity index (χ4n) is 4.12. The van der Waals surface area contributed by atoms with Gasteiger partial charge in [-0.3, -0.25) is 4.79 Å². The van der Waals surface area contributed by atoms with Gasteiger partial charge in [-0.15, -0.1) is 0 Å². The summed E-state index contributed by atoms with van der Waals surface area (Å²) in [5.74, 6) is 0.723. The second-order valence-electron chi connectivity index (χ2n) is 8.41. The summed E-state index contributed by atoms with van der Waals surface area (Å²) >= 11 is 0. The van der Waals surface area contributed by atoms with Crippen molar-refractivity contribution in [3.63, 3.8) is 0 Å². The van der Waals surface area contributed by atoms with E-state index in [-0.39, 0.29) is 11.6 Å². The van der Waals surface area contributed by atoms with E-state index < -0.39 is 0 Å². The van der Waals surface area contributed by atoms with Crippen LogP contribution in [0.5, 0.6) is 0 Å². The molecule has 0 radical (unpaired) electrons. The van der Waals surface area contributed by atoms with Gasteiger partial charge in [0.05, 0.1) is 0 Å². The molecule has 0 bridgehead atoms. The number of hydrogen-bond acceptors (Lipinski definition) is 2. The molecule has 2 heteroatoms. The van der Waals surface area contributed by atoms with Crippen LogP contribution in [0.3, 0.4) is 0 Å². The summed E-state index contributed by atoms with van der Waals surface area (Å²) in [4.78, 5) is 12.1. The zero-order valence-corrected chi connectivity index (χ0v) is 16.7. The van der Waals surface area contributed by atoms with E-state index in [1.807, 2.05) is 0 Å². The lowest BCUT2D eigenvalue weighted by atomic mass is 9.80. The van der Waals surface area contributed by atoms with E-state index in [1.54, 1.807) is 0 Å². The molecule has 0 aromatic heterocycles. The highest BCUT2D eigenvalue weighted by atomic mass is 16.6. The van der Waals surface area contributed by atoms with E-state index in [0.717, 1.165) is 19.3 Å². The first-order chi connectivity index (χ1) is 11.6. The predicted octanol–water partition coefficient (Wildman–Crippen LogP) is 7.20. The van der Waals surface area contributed by atoms with Crippen LogP contribution in [0.1, 0.15) is 124 Å². The molecule has 1 aliphatic rings. The van der Waals surface area contributed by atoms with Gasteiger partial charge in [0, 0.05) is 6.42 Å². The molecule has 0 aliphatic heterocycles. The number of hydrogen-bond donors (Lipinski definition) is 0. The minimum Gasteiger partial charge on any atom is -0.459 e. The highest BCUT2D eigenvalue weighted by Gasteiger charge is 2.33. The van der Waals surface area contributed by atoms with Gasteiger partial charge < -0.3 is 4.74 Å². The quantitative estimate of drug-likeness (QED) is 0.262. The molecule has 0 spiro atoms. The number of carbonyl (C=O) groups excluding carboxylic acids is 1. The SMILES string of the molecule is CCCCCCCCCCCCCC(=O)OC1(C)CCCC(C)C1. The molecular formula is C22H42O2. The molecule has 0 saturated heterocycles. The molecule has 2 unspecified atom stereocenters. The molecule has 0 amide bonds. The van der Waals surface area contributed by atoms with E-state index in [2.05, 4.69) is 20.8 Å². The Kier molecular flexibility index (Phi) is 11.5. The molecule has 1 rings (SSSR count). The lowest BCUT2D eigenvalue weighted by molar-refractivity contribution is -0.162. The zero-order chi connectivity index (χ0) is 17.7. The zero-order valence-electron chi connectivity index (χ0n) is 16.7. The van der Waals surface area contributed by atoms with Crippen LogP contribution < -0.4 is 0 Å². The summed E-state index contributed by atoms with van der Waals surface area (Å²) in [5, 5.41) is 0. The fourth-order valence-corrected chi connectivity index (χ4v) is 4.12. The molecular weight excluding hydrogens is 296 g/mol. The summed E-state index contributed by atoms with van der Waals surface area (Å²) in [6.07, 6.45) is 19.7. The van der Waals surface area contributed by atoms with Gasteiger partial charge in [-0.05, 0) is 38.5 Å². The number of carbonyl (C=O) groups is 1. The van der Waals surface area contributed by atoms with Crippen LogP contribution in [0.15, 0.2) is 0 Å². The lowest BCUT2D eigenvalue weighted by Gasteiger charge is -2.36. The summed E-state index contributed by atoms with van der Waals surface area (Å²) in [7, 11) is 0. The highest BCUT2D eigenvalue weighted by Crippen LogP contribution is 2.35. The predicted molar refractivity (Wildman–Crippen MR) is 103 cm³/mol. The van der Waals surface area contributed by atoms with Gasteiger partial charge in [-0.1, -0.05) is 84.5 Å². The van der Waals surface area contributed by atoms with Crippen LogP contribution >= 0.6 is 0 Å². The van der Waals surface area contributed by atoms with Crippen LogP contribution in [0, 0.1) is 5.92 Å². The van der Waals surface area contributed by atoms with E-state index in [9.17, 15) is 4.79 Å². The van der Waals surface area contributed by atoms with Crippen molar-refractivity contribution in [1.82, 2.24) is 0 Å². The Balaban J connectivity index is 1.92. The van der Waals surface area contributed by atoms with E-state index >= 15 is 0 Å². The molecule has 0 heterocycles. The average molecular weight is 339 g/mol. The topological polar surface area (TPSA) is 26.3 Å². The minimum atomic E-state index is -0.188. The molecule has 1 saturated carbocycles. The first kappa shape index (κ1) is 21.5. The van der Waals surface area contributed by atoms with Crippen molar-refractivity contribution in [2.45, 2.75) is 129 Å². The van der Waals surface area contributed by atoms with Crippen LogP contribution in [-0.4, -0.2) is 11.6 Å². The van der Waals surface area contributed by atoms with Gasteiger partial charge in [0.1, 0.15) is 5.60 Å². The Morgan fingerprint density at radius 3 is 2.04 bits per heavy atom. The second-order valence-corrected chi connectivity index (χ2v) is 8.41. The maximum atomic E-state index is 12.1. The van der Waals surface area contributed by atoms with Crippen molar-refractivity contribution in [2.24, 2.45) is 5.92 Å². The Morgan fingerprint density at radius 1 is 0.958 bits per heavy atom. The third-order valence-corrected chi connectivity index (χ3v) is 5.53. The van der Waals surface area contributed by atoms with Crippen molar-refractivity contribution in [3.05, 3.63) is 0 Å². The molecule has 2 nitrogen and oxygen atoms in total. The Hall–Kier alpha value is -0.530. The van der Waals surface area contributed by atoms with Gasteiger partial charge in [-0.25, -0.2) is 0 Å². The number of esters is 1. The number of rotatable bonds is 13. The van der Waals surface area contributed by atoms with E-state index in [1.165, 1.54) is 77.0 Å². The molecule has 24 heavy (non-hydrogen) atoms. The summed E-state index contributed by atoms with van der Waals surface area (Å²) in [5.41, 5.74) is -0.188. The van der Waals surface area contributed by atoms with Crippen molar-refractivity contribution in [2.75, 3.05) is 0 Å². The van der Waals surface area contributed by atoms with Gasteiger partial charge in [0.2, 0.25) is 0 Å². The van der Waals surface area contributed by atoms with Gasteiger partial charge in [-0.2, -0.15) is 0 Å². The first-order valence-corrected chi connectivity index (χ1v) is 10.8. The van der Waals surface area contributed by atoms with Gasteiger partial charge in [0.15, 0.2) is 0 Å². The molecule has 2 atom stereocenters. The van der Waals surface area contributed by atoms with Crippen molar-refractivity contribution < 1.29 is 9.53 Å². The number of ether oxygens (including phenoxy) is 1. The van der Waals surface area contributed by atoms with Crippen molar-refractivity contribution in [1.29, 1.82) is 0 Å². The van der Waals surface area contributed by atoms with Crippen LogP contribution in [0.2, 0.25) is 0 Å². The van der Waals surface area contributed by atoms with E-state index in [0.29, 0.717) is 12.3 Å². The fraction of sp³-hybridized carbons (Fsp3) is 0.955. The Bertz CT molecular complexity index is 326. The molecule has 1 fully saturated rings. The third kappa shape index (κ3) is 10.4. The van der Waals surface area contributed by atoms with E-state index in [4.69, 9.17) is 4.74 Å². The minimum absolute atomic E-state index is 0.0301. The summed E-state index contributed by atoms with van der Waals surface area (Å²) in [6.45, 7) is 6.67. The Morgan fingerprint density at radius 2 is 1.50 bits per heavy atom. The maximum Gasteiger partial charge on any atom is 0.306 e. The van der Waals surface area contributed by atoms with Crippen LogP contribution in [-0.2, 0) is 9.53 Å². The monoisotopic (exact) mass is 338 g/mol. The Labute approximate surface area is 151 Å². The highest BCUT2D eigenvalue weighted by molar-refractivity contribution is 5.69. The van der Waals surface area contributed by atoms with Crippen LogP contribution in [0.4, 0.5) is 0 Å². The summed E-state index contributed by atoms with van der Waals surface area (Å²) in [6, 6.07) is 0. The normalized spacial score (nSPS) is 24.0. The lowest BCUT2D eigenvalue weighted by Crippen LogP contribution is -2.36. The average Bonchev–Trinajstić information content (AvgIpc) is 2.52. The number of unbranched alkanes of at least 4 members (excludes halogenated alkanes) is 10.